The van der Waals surface area contributed by atoms with Gasteiger partial charge in [-0.25, -0.2) is 0 Å². The lowest BCUT2D eigenvalue weighted by Gasteiger charge is -2.29. The van der Waals surface area contributed by atoms with Crippen LogP contribution in [-0.2, 0) is 0 Å². The molecule has 18 heavy (non-hydrogen) atoms. The molecular formula is C15H24N2O. The van der Waals surface area contributed by atoms with Gasteiger partial charge in [-0.2, -0.15) is 0 Å². The van der Waals surface area contributed by atoms with E-state index in [1.165, 1.54) is 0 Å². The first kappa shape index (κ1) is 14.7. The number of hydrogen-bond donors (Lipinski definition) is 1. The number of amides is 1. The second-order valence-corrected chi connectivity index (χ2v) is 5.80. The SMILES string of the molecule is Cc1cccc(C)c1C(=O)N(C)CC(C)(C)CN. The third kappa shape index (κ3) is 3.33. The minimum Gasteiger partial charge on any atom is -0.341 e. The molecule has 1 aromatic rings. The molecule has 2 N–H and O–H groups in total. The van der Waals surface area contributed by atoms with Crippen molar-refractivity contribution >= 4 is 5.91 Å². The highest BCUT2D eigenvalue weighted by molar-refractivity contribution is 5.96. The fraction of sp³-hybridized carbons (Fsp3) is 0.533. The summed E-state index contributed by atoms with van der Waals surface area (Å²) in [6.07, 6.45) is 0. The van der Waals surface area contributed by atoms with Gasteiger partial charge in [-0.15, -0.1) is 0 Å². The zero-order valence-electron chi connectivity index (χ0n) is 12.1. The number of nitrogens with two attached hydrogens (primary N) is 1. The van der Waals surface area contributed by atoms with E-state index in [4.69, 9.17) is 5.73 Å². The van der Waals surface area contributed by atoms with E-state index in [2.05, 4.69) is 13.8 Å². The standard InChI is InChI=1S/C15H24N2O/c1-11-7-6-8-12(2)13(11)14(18)17(5)10-15(3,4)9-16/h6-8H,9-10,16H2,1-5H3. The molecule has 0 saturated carbocycles. The fourth-order valence-corrected chi connectivity index (χ4v) is 2.12. The Balaban J connectivity index is 2.94. The van der Waals surface area contributed by atoms with E-state index in [9.17, 15) is 4.79 Å². The van der Waals surface area contributed by atoms with Crippen LogP contribution in [0.3, 0.4) is 0 Å². The van der Waals surface area contributed by atoms with E-state index in [1.807, 2.05) is 39.1 Å². The van der Waals surface area contributed by atoms with Gasteiger partial charge < -0.3 is 10.6 Å². The first-order valence-corrected chi connectivity index (χ1v) is 6.30. The zero-order valence-corrected chi connectivity index (χ0v) is 12.1. The van der Waals surface area contributed by atoms with Gasteiger partial charge in [0.2, 0.25) is 0 Å². The minimum absolute atomic E-state index is 0.0546. The van der Waals surface area contributed by atoms with Crippen molar-refractivity contribution in [1.82, 2.24) is 4.90 Å². The molecule has 1 amide bonds. The number of rotatable bonds is 4. The number of benzene rings is 1. The molecule has 0 heterocycles. The van der Waals surface area contributed by atoms with Crippen LogP contribution in [0.5, 0.6) is 0 Å². The maximum absolute atomic E-state index is 12.5. The highest BCUT2D eigenvalue weighted by Crippen LogP contribution is 2.19. The van der Waals surface area contributed by atoms with E-state index in [1.54, 1.807) is 4.90 Å². The molecule has 0 atom stereocenters. The lowest BCUT2D eigenvalue weighted by molar-refractivity contribution is 0.0739. The van der Waals surface area contributed by atoms with E-state index in [0.29, 0.717) is 13.1 Å². The van der Waals surface area contributed by atoms with Crippen LogP contribution in [-0.4, -0.2) is 30.9 Å². The van der Waals surface area contributed by atoms with Crippen molar-refractivity contribution in [2.24, 2.45) is 11.1 Å². The molecule has 0 spiro atoms. The molecule has 0 radical (unpaired) electrons. The topological polar surface area (TPSA) is 46.3 Å². The summed E-state index contributed by atoms with van der Waals surface area (Å²) in [5.74, 6) is 0.0760. The highest BCUT2D eigenvalue weighted by atomic mass is 16.2. The van der Waals surface area contributed by atoms with Crippen LogP contribution in [0.2, 0.25) is 0 Å². The number of nitrogens with zero attached hydrogens (tertiary/aromatic N) is 1. The lowest BCUT2D eigenvalue weighted by atomic mass is 9.92. The van der Waals surface area contributed by atoms with Gasteiger partial charge in [0, 0.05) is 19.2 Å². The minimum atomic E-state index is -0.0546. The Morgan fingerprint density at radius 1 is 1.28 bits per heavy atom. The third-order valence-corrected chi connectivity index (χ3v) is 3.26. The smallest absolute Gasteiger partial charge is 0.254 e. The molecule has 3 nitrogen and oxygen atoms in total. The second kappa shape index (κ2) is 5.53. The van der Waals surface area contributed by atoms with Gasteiger partial charge in [-0.05, 0) is 36.9 Å². The van der Waals surface area contributed by atoms with Crippen molar-refractivity contribution in [2.75, 3.05) is 20.1 Å². The van der Waals surface area contributed by atoms with E-state index >= 15 is 0 Å². The average molecular weight is 248 g/mol. The Morgan fingerprint density at radius 2 is 1.78 bits per heavy atom. The third-order valence-electron chi connectivity index (χ3n) is 3.26. The maximum atomic E-state index is 12.5. The summed E-state index contributed by atoms with van der Waals surface area (Å²) in [4.78, 5) is 14.2. The molecule has 0 fully saturated rings. The predicted molar refractivity (Wildman–Crippen MR) is 75.7 cm³/mol. The molecule has 0 aliphatic rings. The van der Waals surface area contributed by atoms with E-state index in [-0.39, 0.29) is 11.3 Å². The van der Waals surface area contributed by atoms with Crippen molar-refractivity contribution in [2.45, 2.75) is 27.7 Å². The molecule has 0 aliphatic heterocycles. The Hall–Kier alpha value is -1.35. The first-order valence-electron chi connectivity index (χ1n) is 6.30. The van der Waals surface area contributed by atoms with Crippen LogP contribution in [0, 0.1) is 19.3 Å². The molecule has 0 aliphatic carbocycles. The maximum Gasteiger partial charge on any atom is 0.254 e. The van der Waals surface area contributed by atoms with Gasteiger partial charge in [0.1, 0.15) is 0 Å². The Kier molecular flexibility index (Phi) is 4.52. The first-order chi connectivity index (χ1) is 8.28. The number of carbonyl (C=O) groups excluding carboxylic acids is 1. The number of carbonyl (C=O) groups is 1. The number of hydrogen-bond acceptors (Lipinski definition) is 2. The molecule has 1 aromatic carbocycles. The fourth-order valence-electron chi connectivity index (χ4n) is 2.12. The summed E-state index contributed by atoms with van der Waals surface area (Å²) < 4.78 is 0. The van der Waals surface area contributed by atoms with Crippen LogP contribution in [0.4, 0.5) is 0 Å². The summed E-state index contributed by atoms with van der Waals surface area (Å²) in [6, 6.07) is 5.93. The monoisotopic (exact) mass is 248 g/mol. The highest BCUT2D eigenvalue weighted by Gasteiger charge is 2.23. The van der Waals surface area contributed by atoms with Gasteiger partial charge in [0.05, 0.1) is 0 Å². The van der Waals surface area contributed by atoms with Gasteiger partial charge in [0.25, 0.3) is 5.91 Å². The van der Waals surface area contributed by atoms with Crippen molar-refractivity contribution in [3.8, 4) is 0 Å². The predicted octanol–water partition coefficient (Wildman–Crippen LogP) is 2.36. The van der Waals surface area contributed by atoms with E-state index < -0.39 is 0 Å². The average Bonchev–Trinajstić information content (AvgIpc) is 2.28. The zero-order chi connectivity index (χ0) is 13.9. The van der Waals surface area contributed by atoms with Crippen molar-refractivity contribution in [3.63, 3.8) is 0 Å². The van der Waals surface area contributed by atoms with Crippen LogP contribution < -0.4 is 5.73 Å². The Bertz CT molecular complexity index is 418. The Labute approximate surface area is 110 Å². The van der Waals surface area contributed by atoms with Gasteiger partial charge in [0.15, 0.2) is 0 Å². The molecule has 3 heteroatoms. The molecule has 1 rings (SSSR count). The molecule has 0 saturated heterocycles. The van der Waals surface area contributed by atoms with Crippen molar-refractivity contribution in [3.05, 3.63) is 34.9 Å². The van der Waals surface area contributed by atoms with E-state index in [0.717, 1.165) is 16.7 Å². The second-order valence-electron chi connectivity index (χ2n) is 5.80. The van der Waals surface area contributed by atoms with Gasteiger partial charge in [-0.1, -0.05) is 32.0 Å². The van der Waals surface area contributed by atoms with Crippen LogP contribution in [0.25, 0.3) is 0 Å². The summed E-state index contributed by atoms with van der Waals surface area (Å²) in [7, 11) is 1.84. The molecule has 0 aromatic heterocycles. The van der Waals surface area contributed by atoms with Crippen molar-refractivity contribution in [1.29, 1.82) is 0 Å². The summed E-state index contributed by atoms with van der Waals surface area (Å²) in [6.45, 7) is 9.32. The van der Waals surface area contributed by atoms with Crippen LogP contribution in [0.1, 0.15) is 35.3 Å². The van der Waals surface area contributed by atoms with Gasteiger partial charge in [-0.3, -0.25) is 4.79 Å². The molecular weight excluding hydrogens is 224 g/mol. The quantitative estimate of drug-likeness (QED) is 0.889. The lowest BCUT2D eigenvalue weighted by Crippen LogP contribution is -2.40. The summed E-state index contributed by atoms with van der Waals surface area (Å²) in [5, 5.41) is 0. The van der Waals surface area contributed by atoms with Crippen LogP contribution in [0.15, 0.2) is 18.2 Å². The molecule has 0 unspecified atom stereocenters. The van der Waals surface area contributed by atoms with Crippen LogP contribution >= 0.6 is 0 Å². The number of aryl methyl sites for hydroxylation is 2. The van der Waals surface area contributed by atoms with Crippen molar-refractivity contribution < 1.29 is 4.79 Å². The molecule has 100 valence electrons. The Morgan fingerprint density at radius 3 is 2.22 bits per heavy atom. The molecule has 0 bridgehead atoms. The summed E-state index contributed by atoms with van der Waals surface area (Å²) in [5.41, 5.74) is 8.52. The normalized spacial score (nSPS) is 11.4. The largest absolute Gasteiger partial charge is 0.341 e. The summed E-state index contributed by atoms with van der Waals surface area (Å²) >= 11 is 0. The van der Waals surface area contributed by atoms with Gasteiger partial charge >= 0.3 is 0 Å².